The largest absolute Gasteiger partial charge is 0.376 e. The number of rotatable bonds is 9. The summed E-state index contributed by atoms with van der Waals surface area (Å²) in [4.78, 5) is 15.6. The maximum atomic E-state index is 13.5. The number of amides is 1. The number of alkyl halides is 1. The molecule has 2 saturated carbocycles. The maximum Gasteiger partial charge on any atom is 0.227 e. The number of carbonyl (C=O) groups is 1. The Kier molecular flexibility index (Phi) is 7.71. The highest BCUT2D eigenvalue weighted by Crippen LogP contribution is 2.81. The topological polar surface area (TPSA) is 118 Å². The first-order valence-corrected chi connectivity index (χ1v) is 12.8. The summed E-state index contributed by atoms with van der Waals surface area (Å²) >= 11 is 6.63. The molecule has 4 rings (SSSR count). The number of ether oxygens (including phenoxy) is 1. The predicted octanol–water partition coefficient (Wildman–Crippen LogP) is 0.191. The van der Waals surface area contributed by atoms with Crippen molar-refractivity contribution in [1.29, 1.82) is 0 Å². The zero-order chi connectivity index (χ0) is 22.9. The van der Waals surface area contributed by atoms with E-state index in [1.165, 1.54) is 19.3 Å². The van der Waals surface area contributed by atoms with E-state index in [4.69, 9.17) is 27.8 Å². The molecule has 9 heteroatoms. The van der Waals surface area contributed by atoms with E-state index in [2.05, 4.69) is 34.9 Å². The molecule has 184 valence electrons. The molecule has 2 aliphatic heterocycles. The first kappa shape index (κ1) is 24.6. The lowest BCUT2D eigenvalue weighted by atomic mass is 9.66. The minimum Gasteiger partial charge on any atom is -0.376 e. The van der Waals surface area contributed by atoms with Gasteiger partial charge >= 0.3 is 0 Å². The normalized spacial score (nSPS) is 40.0. The SMILES string of the molecule is CN(C)CCCOC1CCNCC1NC(=O)C(C(N)N)C1CC23CCC2(CC(Cl)CN1)C3. The standard InChI is InChI=1S/C23H43ClN6O2/c1-30(2)8-3-9-32-18-4-7-27-13-17(18)29-21(31)19(20(25)26)16-11-23-6-5-22(23,14-23)10-15(24)12-28-16/h15-20,27-28H,3-14,25-26H2,1-2H3,(H,29,31). The summed E-state index contributed by atoms with van der Waals surface area (Å²) in [7, 11) is 4.13. The van der Waals surface area contributed by atoms with Gasteiger partial charge in [-0.2, -0.15) is 0 Å². The Morgan fingerprint density at radius 1 is 1.25 bits per heavy atom. The van der Waals surface area contributed by atoms with E-state index in [-0.39, 0.29) is 29.5 Å². The first-order valence-electron chi connectivity index (χ1n) is 12.4. The summed E-state index contributed by atoms with van der Waals surface area (Å²) in [6, 6.07) is -0.122. The van der Waals surface area contributed by atoms with Crippen LogP contribution in [0.2, 0.25) is 0 Å². The number of hydrogen-bond donors (Lipinski definition) is 5. The number of hydrogen-bond acceptors (Lipinski definition) is 7. The number of halogens is 1. The number of carbonyl (C=O) groups excluding carboxylic acids is 1. The molecule has 8 nitrogen and oxygen atoms in total. The molecule has 0 bridgehead atoms. The molecule has 2 aliphatic carbocycles. The molecular formula is C23H43ClN6O2. The van der Waals surface area contributed by atoms with Crippen molar-refractivity contribution in [2.75, 3.05) is 46.9 Å². The minimum atomic E-state index is -0.721. The highest BCUT2D eigenvalue weighted by molar-refractivity contribution is 6.20. The van der Waals surface area contributed by atoms with E-state index in [0.717, 1.165) is 38.8 Å². The van der Waals surface area contributed by atoms with Crippen molar-refractivity contribution in [3.63, 3.8) is 0 Å². The van der Waals surface area contributed by atoms with Gasteiger partial charge in [-0.05, 0) is 83.0 Å². The van der Waals surface area contributed by atoms with Crippen LogP contribution in [0.15, 0.2) is 0 Å². The van der Waals surface area contributed by atoms with Crippen molar-refractivity contribution in [3.8, 4) is 0 Å². The van der Waals surface area contributed by atoms with Crippen LogP contribution < -0.4 is 27.4 Å². The molecule has 0 aromatic carbocycles. The molecule has 0 radical (unpaired) electrons. The molecule has 2 heterocycles. The zero-order valence-electron chi connectivity index (χ0n) is 19.7. The molecular weight excluding hydrogens is 428 g/mol. The summed E-state index contributed by atoms with van der Waals surface area (Å²) in [6.45, 7) is 3.98. The van der Waals surface area contributed by atoms with Gasteiger partial charge in [0, 0.05) is 31.1 Å². The molecule has 1 amide bonds. The third-order valence-corrected chi connectivity index (χ3v) is 8.87. The Balaban J connectivity index is 1.38. The van der Waals surface area contributed by atoms with Crippen molar-refractivity contribution in [2.24, 2.45) is 28.2 Å². The van der Waals surface area contributed by atoms with Crippen LogP contribution in [0.1, 0.15) is 44.9 Å². The number of piperidine rings is 1. The second-order valence-corrected chi connectivity index (χ2v) is 11.7. The lowest BCUT2D eigenvalue weighted by Gasteiger charge is -2.44. The van der Waals surface area contributed by atoms with E-state index in [1.807, 2.05) is 0 Å². The predicted molar refractivity (Wildman–Crippen MR) is 127 cm³/mol. The smallest absolute Gasteiger partial charge is 0.227 e. The maximum absolute atomic E-state index is 13.5. The Morgan fingerprint density at radius 3 is 2.69 bits per heavy atom. The van der Waals surface area contributed by atoms with E-state index in [0.29, 0.717) is 30.5 Å². The Labute approximate surface area is 197 Å². The van der Waals surface area contributed by atoms with E-state index >= 15 is 0 Å². The lowest BCUT2D eigenvalue weighted by Crippen LogP contribution is -2.62. The van der Waals surface area contributed by atoms with E-state index < -0.39 is 12.1 Å². The monoisotopic (exact) mass is 470 g/mol. The number of nitrogens with zero attached hydrogens (tertiary/aromatic N) is 1. The van der Waals surface area contributed by atoms with Gasteiger partial charge in [-0.1, -0.05) is 0 Å². The molecule has 0 aromatic rings. The van der Waals surface area contributed by atoms with Crippen LogP contribution in [0, 0.1) is 16.7 Å². The van der Waals surface area contributed by atoms with Crippen LogP contribution in [-0.2, 0) is 9.53 Å². The molecule has 7 atom stereocenters. The van der Waals surface area contributed by atoms with Crippen molar-refractivity contribution in [3.05, 3.63) is 0 Å². The van der Waals surface area contributed by atoms with Gasteiger partial charge in [0.25, 0.3) is 0 Å². The molecule has 7 N–H and O–H groups in total. The average Bonchev–Trinajstić information content (AvgIpc) is 3.13. The molecule has 0 spiro atoms. The van der Waals surface area contributed by atoms with Crippen molar-refractivity contribution >= 4 is 17.5 Å². The summed E-state index contributed by atoms with van der Waals surface area (Å²) in [6.07, 6.45) is 6.94. The zero-order valence-corrected chi connectivity index (χ0v) is 20.5. The molecule has 2 saturated heterocycles. The van der Waals surface area contributed by atoms with Crippen LogP contribution in [0.3, 0.4) is 0 Å². The van der Waals surface area contributed by atoms with Crippen LogP contribution >= 0.6 is 11.6 Å². The van der Waals surface area contributed by atoms with Gasteiger partial charge in [0.2, 0.25) is 5.91 Å². The van der Waals surface area contributed by atoms with Crippen molar-refractivity contribution in [2.45, 2.75) is 74.7 Å². The molecule has 4 fully saturated rings. The quantitative estimate of drug-likeness (QED) is 0.185. The van der Waals surface area contributed by atoms with Gasteiger partial charge in [0.05, 0.1) is 24.2 Å². The molecule has 7 unspecified atom stereocenters. The van der Waals surface area contributed by atoms with Gasteiger partial charge in [-0.15, -0.1) is 11.6 Å². The van der Waals surface area contributed by atoms with Crippen molar-refractivity contribution < 1.29 is 9.53 Å². The first-order chi connectivity index (χ1) is 15.3. The van der Waals surface area contributed by atoms with E-state index in [1.54, 1.807) is 0 Å². The third-order valence-electron chi connectivity index (χ3n) is 8.56. The molecule has 32 heavy (non-hydrogen) atoms. The number of nitrogens with two attached hydrogens (primary N) is 2. The van der Waals surface area contributed by atoms with Gasteiger partial charge in [0.15, 0.2) is 0 Å². The summed E-state index contributed by atoms with van der Waals surface area (Å²) in [5.74, 6) is -0.552. The van der Waals surface area contributed by atoms with E-state index in [9.17, 15) is 4.79 Å². The number of nitrogens with one attached hydrogen (secondary N) is 3. The van der Waals surface area contributed by atoms with Crippen LogP contribution in [0.25, 0.3) is 0 Å². The Bertz CT molecular complexity index is 666. The fourth-order valence-electron chi connectivity index (χ4n) is 6.61. The van der Waals surface area contributed by atoms with Gasteiger partial charge in [-0.25, -0.2) is 0 Å². The fraction of sp³-hybridized carbons (Fsp3) is 0.957. The summed E-state index contributed by atoms with van der Waals surface area (Å²) < 4.78 is 6.17. The Morgan fingerprint density at radius 2 is 2.00 bits per heavy atom. The second kappa shape index (κ2) is 10.0. The van der Waals surface area contributed by atoms with Gasteiger partial charge in [-0.3, -0.25) is 4.79 Å². The average molecular weight is 471 g/mol. The lowest BCUT2D eigenvalue weighted by molar-refractivity contribution is -0.129. The van der Waals surface area contributed by atoms with Gasteiger partial charge < -0.3 is 37.1 Å². The third kappa shape index (κ3) is 5.11. The highest BCUT2D eigenvalue weighted by Gasteiger charge is 2.73. The second-order valence-electron chi connectivity index (χ2n) is 11.0. The molecule has 0 aromatic heterocycles. The minimum absolute atomic E-state index is 0.0100. The summed E-state index contributed by atoms with van der Waals surface area (Å²) in [5.41, 5.74) is 13.2. The highest BCUT2D eigenvalue weighted by atomic mass is 35.5. The Hall–Kier alpha value is -0.480. The van der Waals surface area contributed by atoms with Crippen LogP contribution in [0.5, 0.6) is 0 Å². The molecule has 4 aliphatic rings. The van der Waals surface area contributed by atoms with Crippen LogP contribution in [-0.4, -0.2) is 87.4 Å². The summed E-state index contributed by atoms with van der Waals surface area (Å²) in [5, 5.41) is 10.3. The van der Waals surface area contributed by atoms with Gasteiger partial charge in [0.1, 0.15) is 0 Å². The fourth-order valence-corrected chi connectivity index (χ4v) is 7.00. The van der Waals surface area contributed by atoms with Crippen LogP contribution in [0.4, 0.5) is 0 Å². The van der Waals surface area contributed by atoms with Crippen molar-refractivity contribution in [1.82, 2.24) is 20.9 Å².